The van der Waals surface area contributed by atoms with Crippen LogP contribution < -0.4 is 15.2 Å². The molecule has 2 N–H and O–H groups in total. The number of esters is 4. The SMILES string of the molecule is CCC(C)CC(=O)Oc1ccc(CC(N)(C[C@H](C)OC(=O)CCC(C)C)C(=O)OC)cc1OC(=O)CC(C)CC. The largest absolute Gasteiger partial charge is 0.468 e. The Labute approximate surface area is 239 Å². The predicted molar refractivity (Wildman–Crippen MR) is 153 cm³/mol. The second-order valence-corrected chi connectivity index (χ2v) is 11.4. The van der Waals surface area contributed by atoms with Crippen LogP contribution in [0.2, 0.25) is 0 Å². The van der Waals surface area contributed by atoms with Gasteiger partial charge >= 0.3 is 23.9 Å². The molecule has 9 nitrogen and oxygen atoms in total. The second-order valence-electron chi connectivity index (χ2n) is 11.4. The first-order valence-electron chi connectivity index (χ1n) is 14.3. The summed E-state index contributed by atoms with van der Waals surface area (Å²) in [6.45, 7) is 13.6. The monoisotopic (exact) mass is 563 g/mol. The topological polar surface area (TPSA) is 131 Å². The lowest BCUT2D eigenvalue weighted by Crippen LogP contribution is -2.53. The van der Waals surface area contributed by atoms with Crippen LogP contribution in [0.1, 0.15) is 99.0 Å². The van der Waals surface area contributed by atoms with Gasteiger partial charge in [0, 0.05) is 32.1 Å². The van der Waals surface area contributed by atoms with Gasteiger partial charge in [-0.1, -0.05) is 60.5 Å². The molecule has 0 aromatic heterocycles. The lowest BCUT2D eigenvalue weighted by atomic mass is 9.86. The van der Waals surface area contributed by atoms with Crippen molar-refractivity contribution in [2.75, 3.05) is 7.11 Å². The van der Waals surface area contributed by atoms with Crippen LogP contribution >= 0.6 is 0 Å². The molecule has 0 aliphatic carbocycles. The number of nitrogens with two attached hydrogens (primary N) is 1. The standard InChI is InChI=1S/C31H49NO8/c1-9-21(5)15-28(34)39-25-13-12-24(17-26(25)40-29(35)16-22(6)10-2)19-31(32,30(36)37-8)18-23(7)38-27(33)14-11-20(3)4/h12-13,17,20-23H,9-11,14-16,18-19,32H2,1-8H3/t21?,22?,23-,31?/m0/s1. The summed E-state index contributed by atoms with van der Waals surface area (Å²) >= 11 is 0. The zero-order valence-electron chi connectivity index (χ0n) is 25.5. The number of methoxy groups -OCH3 is 1. The summed E-state index contributed by atoms with van der Waals surface area (Å²) in [4.78, 5) is 50.1. The molecule has 0 saturated heterocycles. The Hall–Kier alpha value is -2.94. The zero-order valence-corrected chi connectivity index (χ0v) is 25.5. The quantitative estimate of drug-likeness (QED) is 0.192. The summed E-state index contributed by atoms with van der Waals surface area (Å²) in [7, 11) is 1.24. The molecule has 1 aromatic carbocycles. The number of rotatable bonds is 17. The molecule has 226 valence electrons. The second kappa shape index (κ2) is 17.0. The molecule has 0 amide bonds. The van der Waals surface area contributed by atoms with Crippen molar-refractivity contribution >= 4 is 23.9 Å². The first-order chi connectivity index (χ1) is 18.7. The Morgan fingerprint density at radius 2 is 1.40 bits per heavy atom. The third kappa shape index (κ3) is 12.5. The number of carbonyl (C=O) groups is 4. The van der Waals surface area contributed by atoms with E-state index in [-0.39, 0.29) is 61.4 Å². The molecular formula is C31H49NO8. The highest BCUT2D eigenvalue weighted by molar-refractivity contribution is 5.81. The van der Waals surface area contributed by atoms with Crippen LogP contribution in [0.5, 0.6) is 11.5 Å². The molecule has 0 fully saturated rings. The summed E-state index contributed by atoms with van der Waals surface area (Å²) in [5.74, 6) is -1.11. The van der Waals surface area contributed by atoms with E-state index in [9.17, 15) is 19.2 Å². The number of benzene rings is 1. The average Bonchev–Trinajstić information content (AvgIpc) is 2.87. The Balaban J connectivity index is 3.22. The molecule has 40 heavy (non-hydrogen) atoms. The Morgan fingerprint density at radius 1 is 0.850 bits per heavy atom. The minimum Gasteiger partial charge on any atom is -0.468 e. The van der Waals surface area contributed by atoms with E-state index in [1.165, 1.54) is 13.2 Å². The van der Waals surface area contributed by atoms with Crippen LogP contribution in [-0.4, -0.2) is 42.6 Å². The van der Waals surface area contributed by atoms with Crippen LogP contribution in [0.3, 0.4) is 0 Å². The van der Waals surface area contributed by atoms with Crippen LogP contribution in [0.4, 0.5) is 0 Å². The fraction of sp³-hybridized carbons (Fsp3) is 0.677. The van der Waals surface area contributed by atoms with Gasteiger partial charge in [-0.3, -0.25) is 19.2 Å². The van der Waals surface area contributed by atoms with Crippen molar-refractivity contribution in [2.45, 2.75) is 111 Å². The van der Waals surface area contributed by atoms with Gasteiger partial charge in [-0.2, -0.15) is 0 Å². The van der Waals surface area contributed by atoms with Gasteiger partial charge in [-0.25, -0.2) is 0 Å². The Morgan fingerprint density at radius 3 is 1.90 bits per heavy atom. The van der Waals surface area contributed by atoms with E-state index < -0.39 is 29.6 Å². The number of hydrogen-bond donors (Lipinski definition) is 1. The van der Waals surface area contributed by atoms with E-state index in [1.807, 2.05) is 41.5 Å². The van der Waals surface area contributed by atoms with E-state index in [4.69, 9.17) is 24.7 Å². The summed E-state index contributed by atoms with van der Waals surface area (Å²) in [5.41, 5.74) is 5.57. The summed E-state index contributed by atoms with van der Waals surface area (Å²) in [6.07, 6.45) is 2.40. The molecule has 0 aliphatic heterocycles. The number of carbonyl (C=O) groups excluding carboxylic acids is 4. The third-order valence-corrected chi connectivity index (χ3v) is 6.90. The highest BCUT2D eigenvalue weighted by Gasteiger charge is 2.38. The van der Waals surface area contributed by atoms with E-state index in [0.717, 1.165) is 12.8 Å². The smallest absolute Gasteiger partial charge is 0.326 e. The third-order valence-electron chi connectivity index (χ3n) is 6.90. The van der Waals surface area contributed by atoms with Gasteiger partial charge in [0.05, 0.1) is 7.11 Å². The van der Waals surface area contributed by atoms with Crippen molar-refractivity contribution < 1.29 is 38.1 Å². The van der Waals surface area contributed by atoms with Crippen molar-refractivity contribution in [1.82, 2.24) is 0 Å². The van der Waals surface area contributed by atoms with E-state index in [1.54, 1.807) is 19.1 Å². The first kappa shape index (κ1) is 35.1. The minimum atomic E-state index is -1.53. The summed E-state index contributed by atoms with van der Waals surface area (Å²) in [6, 6.07) is 4.73. The van der Waals surface area contributed by atoms with E-state index in [2.05, 4.69) is 0 Å². The van der Waals surface area contributed by atoms with Crippen LogP contribution in [-0.2, 0) is 35.1 Å². The van der Waals surface area contributed by atoms with Crippen molar-refractivity contribution in [2.24, 2.45) is 23.5 Å². The van der Waals surface area contributed by atoms with Gasteiger partial charge in [-0.05, 0) is 48.8 Å². The van der Waals surface area contributed by atoms with E-state index >= 15 is 0 Å². The van der Waals surface area contributed by atoms with Crippen molar-refractivity contribution in [3.05, 3.63) is 23.8 Å². The summed E-state index contributed by atoms with van der Waals surface area (Å²) < 4.78 is 21.7. The fourth-order valence-corrected chi connectivity index (χ4v) is 4.05. The molecule has 1 rings (SSSR count). The predicted octanol–water partition coefficient (Wildman–Crippen LogP) is 5.54. The molecule has 3 unspecified atom stereocenters. The van der Waals surface area contributed by atoms with Gasteiger partial charge in [-0.15, -0.1) is 0 Å². The molecule has 0 bridgehead atoms. The van der Waals surface area contributed by atoms with Crippen LogP contribution in [0.15, 0.2) is 18.2 Å². The van der Waals surface area contributed by atoms with Gasteiger partial charge in [0.1, 0.15) is 11.6 Å². The number of hydrogen-bond acceptors (Lipinski definition) is 9. The molecule has 9 heteroatoms. The normalized spacial score (nSPS) is 14.9. The fourth-order valence-electron chi connectivity index (χ4n) is 4.05. The van der Waals surface area contributed by atoms with E-state index in [0.29, 0.717) is 17.9 Å². The molecular weight excluding hydrogens is 514 g/mol. The number of ether oxygens (including phenoxy) is 4. The first-order valence-corrected chi connectivity index (χ1v) is 14.3. The summed E-state index contributed by atoms with van der Waals surface area (Å²) in [5, 5.41) is 0. The van der Waals surface area contributed by atoms with Gasteiger partial charge in [0.25, 0.3) is 0 Å². The lowest BCUT2D eigenvalue weighted by molar-refractivity contribution is -0.155. The van der Waals surface area contributed by atoms with Crippen LogP contribution in [0, 0.1) is 17.8 Å². The molecule has 4 atom stereocenters. The van der Waals surface area contributed by atoms with Crippen molar-refractivity contribution in [3.8, 4) is 11.5 Å². The molecule has 0 saturated carbocycles. The van der Waals surface area contributed by atoms with Crippen LogP contribution in [0.25, 0.3) is 0 Å². The minimum absolute atomic E-state index is 0.00453. The zero-order chi connectivity index (χ0) is 30.5. The maximum atomic E-state index is 12.8. The maximum absolute atomic E-state index is 12.8. The Kier molecular flexibility index (Phi) is 14.9. The van der Waals surface area contributed by atoms with Crippen molar-refractivity contribution in [1.29, 1.82) is 0 Å². The Bertz CT molecular complexity index is 992. The van der Waals surface area contributed by atoms with Crippen molar-refractivity contribution in [3.63, 3.8) is 0 Å². The average molecular weight is 564 g/mol. The maximum Gasteiger partial charge on any atom is 0.326 e. The molecule has 0 radical (unpaired) electrons. The molecule has 0 heterocycles. The highest BCUT2D eigenvalue weighted by Crippen LogP contribution is 2.32. The highest BCUT2D eigenvalue weighted by atomic mass is 16.6. The molecule has 0 aliphatic rings. The lowest BCUT2D eigenvalue weighted by Gasteiger charge is -2.29. The van der Waals surface area contributed by atoms with Gasteiger partial charge in [0.15, 0.2) is 11.5 Å². The van der Waals surface area contributed by atoms with Gasteiger partial charge < -0.3 is 24.7 Å². The molecule has 1 aromatic rings. The molecule has 0 spiro atoms. The van der Waals surface area contributed by atoms with Gasteiger partial charge in [0.2, 0.25) is 0 Å².